The molecule has 3 atom stereocenters. The van der Waals surface area contributed by atoms with Crippen LogP contribution in [0.25, 0.3) is 0 Å². The van der Waals surface area contributed by atoms with Crippen molar-refractivity contribution in [3.8, 4) is 0 Å². The standard InChI is InChI=1S/C7H13FN2/c8-6-1-2-7(9)4-10-3-5(6)7/h5-6,10H,1-4,9H2/t5-,6-,7+/m0/s1. The number of hydrogen-bond acceptors (Lipinski definition) is 2. The minimum atomic E-state index is -0.653. The van der Waals surface area contributed by atoms with Crippen molar-refractivity contribution in [1.82, 2.24) is 5.32 Å². The molecule has 2 fully saturated rings. The molecule has 0 radical (unpaired) electrons. The van der Waals surface area contributed by atoms with E-state index in [2.05, 4.69) is 5.32 Å². The van der Waals surface area contributed by atoms with Crippen molar-refractivity contribution < 1.29 is 4.39 Å². The summed E-state index contributed by atoms with van der Waals surface area (Å²) in [4.78, 5) is 0. The molecule has 0 unspecified atom stereocenters. The van der Waals surface area contributed by atoms with Gasteiger partial charge < -0.3 is 11.1 Å². The van der Waals surface area contributed by atoms with Crippen molar-refractivity contribution in [1.29, 1.82) is 0 Å². The van der Waals surface area contributed by atoms with Crippen molar-refractivity contribution >= 4 is 0 Å². The first-order chi connectivity index (χ1) is 4.72. The molecule has 2 nitrogen and oxygen atoms in total. The Morgan fingerprint density at radius 2 is 2.40 bits per heavy atom. The van der Waals surface area contributed by atoms with E-state index in [4.69, 9.17) is 5.73 Å². The van der Waals surface area contributed by atoms with Crippen LogP contribution in [-0.2, 0) is 0 Å². The molecule has 1 aliphatic carbocycles. The van der Waals surface area contributed by atoms with Gasteiger partial charge in [-0.1, -0.05) is 0 Å². The van der Waals surface area contributed by atoms with E-state index >= 15 is 0 Å². The maximum absolute atomic E-state index is 13.0. The van der Waals surface area contributed by atoms with Crippen molar-refractivity contribution in [2.24, 2.45) is 11.7 Å². The molecule has 0 bridgehead atoms. The zero-order valence-electron chi connectivity index (χ0n) is 5.94. The molecule has 58 valence electrons. The summed E-state index contributed by atoms with van der Waals surface area (Å²) in [5.41, 5.74) is 5.74. The summed E-state index contributed by atoms with van der Waals surface area (Å²) in [5.74, 6) is 0.0903. The SMILES string of the molecule is N[C@@]12CC[C@H](F)[C@@H]1CNC2. The van der Waals surface area contributed by atoms with Gasteiger partial charge in [0.25, 0.3) is 0 Å². The zero-order valence-corrected chi connectivity index (χ0v) is 5.94. The van der Waals surface area contributed by atoms with E-state index < -0.39 is 6.17 Å². The molecular weight excluding hydrogens is 131 g/mol. The van der Waals surface area contributed by atoms with Gasteiger partial charge in [0.1, 0.15) is 6.17 Å². The van der Waals surface area contributed by atoms with Gasteiger partial charge in [0.15, 0.2) is 0 Å². The predicted octanol–water partition coefficient (Wildman–Crippen LogP) is 0.0352. The Kier molecular flexibility index (Phi) is 1.26. The normalized spacial score (nSPS) is 53.4. The van der Waals surface area contributed by atoms with Gasteiger partial charge in [0, 0.05) is 24.5 Å². The fourth-order valence-electron chi connectivity index (χ4n) is 2.16. The highest BCUT2D eigenvalue weighted by molar-refractivity contribution is 5.07. The second kappa shape index (κ2) is 1.92. The number of alkyl halides is 1. The maximum Gasteiger partial charge on any atom is 0.106 e. The van der Waals surface area contributed by atoms with Crippen molar-refractivity contribution in [3.63, 3.8) is 0 Å². The quantitative estimate of drug-likeness (QED) is 0.503. The molecule has 0 aromatic rings. The van der Waals surface area contributed by atoms with Crippen molar-refractivity contribution in [2.75, 3.05) is 13.1 Å². The Morgan fingerprint density at radius 3 is 3.10 bits per heavy atom. The number of nitrogens with one attached hydrogen (secondary N) is 1. The lowest BCUT2D eigenvalue weighted by Crippen LogP contribution is -2.45. The molecule has 0 spiro atoms. The van der Waals surface area contributed by atoms with Crippen LogP contribution < -0.4 is 11.1 Å². The number of nitrogens with two attached hydrogens (primary N) is 1. The molecule has 3 N–H and O–H groups in total. The Hall–Kier alpha value is -0.150. The number of fused-ring (bicyclic) bond motifs is 1. The average molecular weight is 144 g/mol. The molecular formula is C7H13FN2. The van der Waals surface area contributed by atoms with Gasteiger partial charge in [0.05, 0.1) is 0 Å². The Bertz CT molecular complexity index is 151. The molecule has 1 heterocycles. The first-order valence-electron chi connectivity index (χ1n) is 3.86. The second-order valence-corrected chi connectivity index (χ2v) is 3.53. The smallest absolute Gasteiger partial charge is 0.106 e. The first kappa shape index (κ1) is 6.55. The van der Waals surface area contributed by atoms with Gasteiger partial charge in [-0.15, -0.1) is 0 Å². The molecule has 2 rings (SSSR count). The largest absolute Gasteiger partial charge is 0.324 e. The number of rotatable bonds is 0. The van der Waals surface area contributed by atoms with E-state index in [1.807, 2.05) is 0 Å². The van der Waals surface area contributed by atoms with Gasteiger partial charge in [-0.05, 0) is 12.8 Å². The summed E-state index contributed by atoms with van der Waals surface area (Å²) < 4.78 is 13.0. The van der Waals surface area contributed by atoms with Crippen LogP contribution in [0.3, 0.4) is 0 Å². The third-order valence-electron chi connectivity index (χ3n) is 2.88. The summed E-state index contributed by atoms with van der Waals surface area (Å²) >= 11 is 0. The van der Waals surface area contributed by atoms with Crippen molar-refractivity contribution in [3.05, 3.63) is 0 Å². The summed E-state index contributed by atoms with van der Waals surface area (Å²) in [6.07, 6.45) is 0.870. The highest BCUT2D eigenvalue weighted by Crippen LogP contribution is 2.38. The van der Waals surface area contributed by atoms with E-state index in [0.717, 1.165) is 19.5 Å². The lowest BCUT2D eigenvalue weighted by atomic mass is 9.92. The molecule has 0 aromatic carbocycles. The molecule has 3 heteroatoms. The monoisotopic (exact) mass is 144 g/mol. The summed E-state index contributed by atoms with van der Waals surface area (Å²) in [5, 5.41) is 3.13. The highest BCUT2D eigenvalue weighted by Gasteiger charge is 2.49. The van der Waals surface area contributed by atoms with Crippen LogP contribution in [0.5, 0.6) is 0 Å². The highest BCUT2D eigenvalue weighted by atomic mass is 19.1. The Labute approximate surface area is 60.0 Å². The zero-order chi connectivity index (χ0) is 7.19. The molecule has 1 saturated heterocycles. The third kappa shape index (κ3) is 0.705. The average Bonchev–Trinajstić information content (AvgIpc) is 2.35. The Balaban J connectivity index is 2.19. The van der Waals surface area contributed by atoms with E-state index in [1.54, 1.807) is 0 Å². The first-order valence-corrected chi connectivity index (χ1v) is 3.86. The molecule has 10 heavy (non-hydrogen) atoms. The summed E-state index contributed by atoms with van der Waals surface area (Å²) in [7, 11) is 0. The number of halogens is 1. The van der Waals surface area contributed by atoms with Crippen LogP contribution in [0.1, 0.15) is 12.8 Å². The Morgan fingerprint density at radius 1 is 1.60 bits per heavy atom. The van der Waals surface area contributed by atoms with Gasteiger partial charge in [0.2, 0.25) is 0 Å². The van der Waals surface area contributed by atoms with Crippen LogP contribution in [0.2, 0.25) is 0 Å². The predicted molar refractivity (Wildman–Crippen MR) is 37.4 cm³/mol. The lowest BCUT2D eigenvalue weighted by Gasteiger charge is -2.22. The third-order valence-corrected chi connectivity index (χ3v) is 2.88. The van der Waals surface area contributed by atoms with Crippen LogP contribution in [-0.4, -0.2) is 24.8 Å². The molecule has 1 saturated carbocycles. The molecule has 0 aromatic heterocycles. The van der Waals surface area contributed by atoms with E-state index in [0.29, 0.717) is 6.42 Å². The van der Waals surface area contributed by atoms with Gasteiger partial charge >= 0.3 is 0 Å². The molecule has 0 amide bonds. The topological polar surface area (TPSA) is 38.0 Å². The van der Waals surface area contributed by atoms with E-state index in [1.165, 1.54) is 0 Å². The minimum absolute atomic E-state index is 0.0903. The summed E-state index contributed by atoms with van der Waals surface area (Å²) in [6.45, 7) is 1.58. The van der Waals surface area contributed by atoms with Crippen LogP contribution in [0, 0.1) is 5.92 Å². The summed E-state index contributed by atoms with van der Waals surface area (Å²) in [6, 6.07) is 0. The lowest BCUT2D eigenvalue weighted by molar-refractivity contribution is 0.246. The van der Waals surface area contributed by atoms with Gasteiger partial charge in [-0.25, -0.2) is 4.39 Å². The van der Waals surface area contributed by atoms with E-state index in [9.17, 15) is 4.39 Å². The van der Waals surface area contributed by atoms with Crippen molar-refractivity contribution in [2.45, 2.75) is 24.6 Å². The van der Waals surface area contributed by atoms with Crippen LogP contribution >= 0.6 is 0 Å². The fourth-order valence-corrected chi connectivity index (χ4v) is 2.16. The number of hydrogen-bond donors (Lipinski definition) is 2. The second-order valence-electron chi connectivity index (χ2n) is 3.53. The van der Waals surface area contributed by atoms with Crippen LogP contribution in [0.15, 0.2) is 0 Å². The minimum Gasteiger partial charge on any atom is -0.324 e. The van der Waals surface area contributed by atoms with Gasteiger partial charge in [-0.2, -0.15) is 0 Å². The van der Waals surface area contributed by atoms with Gasteiger partial charge in [-0.3, -0.25) is 0 Å². The molecule has 1 aliphatic heterocycles. The maximum atomic E-state index is 13.0. The molecule has 2 aliphatic rings. The van der Waals surface area contributed by atoms with E-state index in [-0.39, 0.29) is 11.5 Å². The van der Waals surface area contributed by atoms with Crippen LogP contribution in [0.4, 0.5) is 4.39 Å². The fraction of sp³-hybridized carbons (Fsp3) is 1.00.